The van der Waals surface area contributed by atoms with E-state index in [0.29, 0.717) is 0 Å². The summed E-state index contributed by atoms with van der Waals surface area (Å²) in [5, 5.41) is 15.0. The van der Waals surface area contributed by atoms with Gasteiger partial charge in [0.1, 0.15) is 0 Å². The minimum Gasteiger partial charge on any atom is -0.309 e. The van der Waals surface area contributed by atoms with Gasteiger partial charge in [-0.1, -0.05) is 364 Å². The lowest BCUT2D eigenvalue weighted by Gasteiger charge is -2.34. The summed E-state index contributed by atoms with van der Waals surface area (Å²) in [6.45, 7) is 0. The van der Waals surface area contributed by atoms with Crippen molar-refractivity contribution in [1.82, 2.24) is 18.3 Å². The predicted octanol–water partition coefficient (Wildman–Crippen LogP) is 30.1. The van der Waals surface area contributed by atoms with Crippen molar-refractivity contribution in [2.24, 2.45) is 0 Å². The van der Waals surface area contributed by atoms with Crippen molar-refractivity contribution in [3.63, 3.8) is 0 Å². The Labute approximate surface area is 705 Å². The van der Waals surface area contributed by atoms with Crippen LogP contribution >= 0.6 is 0 Å². The molecule has 4 aromatic heterocycles. The van der Waals surface area contributed by atoms with Crippen molar-refractivity contribution < 1.29 is 0 Å². The van der Waals surface area contributed by atoms with E-state index < -0.39 is 10.8 Å². The van der Waals surface area contributed by atoms with Crippen LogP contribution in [0.2, 0.25) is 0 Å². The molecule has 4 heterocycles. The summed E-state index contributed by atoms with van der Waals surface area (Å²) in [6, 6.07) is 171. The molecule has 0 amide bonds. The van der Waals surface area contributed by atoms with Crippen LogP contribution < -0.4 is 0 Å². The van der Waals surface area contributed by atoms with Crippen molar-refractivity contribution in [2.45, 2.75) is 10.8 Å². The lowest BCUT2D eigenvalue weighted by molar-refractivity contribution is 0.769. The molecule has 0 aliphatic heterocycles. The lowest BCUT2D eigenvalue weighted by Crippen LogP contribution is -2.29. The van der Waals surface area contributed by atoms with E-state index >= 15 is 0 Å². The maximum Gasteiger partial charge on any atom is 0.0734 e. The summed E-state index contributed by atoms with van der Waals surface area (Å²) in [6.07, 6.45) is 0. The highest BCUT2D eigenvalue weighted by Gasteiger charge is 2.50. The maximum atomic E-state index is 2.53. The molecular formula is C118H76N4. The van der Waals surface area contributed by atoms with Crippen LogP contribution in [-0.4, -0.2) is 18.3 Å². The van der Waals surface area contributed by atoms with E-state index in [1.807, 2.05) is 0 Å². The van der Waals surface area contributed by atoms with Crippen molar-refractivity contribution in [2.75, 3.05) is 0 Å². The number of rotatable bonds is 10. The number of hydrogen-bond donors (Lipinski definition) is 0. The average molecular weight is 1550 g/mol. The Kier molecular flexibility index (Phi) is 15.5. The van der Waals surface area contributed by atoms with Crippen LogP contribution in [0.15, 0.2) is 461 Å². The molecule has 4 heteroatoms. The standard InChI is InChI=1S/2C59H38N2/c1-4-19-42(20-5-1)59(43-21-6-2-7-22-43)51-28-14-12-27-48(51)57-52(59)34-33-47-50-38-41(31-35-55(50)60(58(47)57)44-23-8-3-9-24-44)40-32-36-56-49(37-40)46-26-13-15-29-54(46)61(56)53-30-16-18-39-17-10-11-25-45(39)53;1-4-19-42(20-5-1)59(43-21-6-2-7-22-43)52-28-14-12-26-46(52)48-33-34-49-51-38-41(31-35-55(51)60(58(49)57(48)59)44-23-8-3-9-24-44)40-32-36-56-50(37-40)47-27-13-15-29-54(47)61(56)53-30-16-18-39-17-10-11-25-45(39)53/h2*1-38H. The topological polar surface area (TPSA) is 19.7 Å². The predicted molar refractivity (Wildman–Crippen MR) is 511 cm³/mol. The number of fused-ring (bicyclic) bond motifs is 22. The summed E-state index contributed by atoms with van der Waals surface area (Å²) in [5.41, 5.74) is 33.7. The second-order valence-corrected chi connectivity index (χ2v) is 32.8. The van der Waals surface area contributed by atoms with Gasteiger partial charge in [0.15, 0.2) is 0 Å². The first kappa shape index (κ1) is 69.3. The molecule has 122 heavy (non-hydrogen) atoms. The number of para-hydroxylation sites is 4. The Morgan fingerprint density at radius 3 is 0.967 bits per heavy atom. The molecule has 2 aliphatic carbocycles. The van der Waals surface area contributed by atoms with Gasteiger partial charge in [-0.05, 0) is 186 Å². The van der Waals surface area contributed by atoms with Crippen LogP contribution in [0, 0.1) is 0 Å². The maximum absolute atomic E-state index is 2.53. The first-order chi connectivity index (χ1) is 60.6. The van der Waals surface area contributed by atoms with Crippen LogP contribution in [-0.2, 0) is 10.8 Å². The van der Waals surface area contributed by atoms with E-state index in [9.17, 15) is 0 Å². The molecule has 0 unspecified atom stereocenters. The van der Waals surface area contributed by atoms with Crippen molar-refractivity contribution >= 4 is 109 Å². The summed E-state index contributed by atoms with van der Waals surface area (Å²) in [7, 11) is 0. The molecule has 20 aromatic carbocycles. The molecule has 24 aromatic rings. The van der Waals surface area contributed by atoms with E-state index in [-0.39, 0.29) is 0 Å². The molecule has 0 atom stereocenters. The lowest BCUT2D eigenvalue weighted by atomic mass is 9.67. The highest BCUT2D eigenvalue weighted by molar-refractivity contribution is 6.20. The van der Waals surface area contributed by atoms with Crippen molar-refractivity contribution in [1.29, 1.82) is 0 Å². The molecule has 0 bridgehead atoms. The summed E-state index contributed by atoms with van der Waals surface area (Å²) >= 11 is 0. The largest absolute Gasteiger partial charge is 0.309 e. The normalized spacial score (nSPS) is 13.0. The monoisotopic (exact) mass is 1550 g/mol. The van der Waals surface area contributed by atoms with E-state index in [0.717, 1.165) is 11.4 Å². The van der Waals surface area contributed by atoms with Gasteiger partial charge < -0.3 is 18.3 Å². The van der Waals surface area contributed by atoms with Gasteiger partial charge in [0.25, 0.3) is 0 Å². The number of nitrogens with zero attached hydrogens (tertiary/aromatic N) is 4. The Bertz CT molecular complexity index is 8270. The van der Waals surface area contributed by atoms with Crippen LogP contribution in [0.4, 0.5) is 0 Å². The molecule has 568 valence electrons. The Balaban J connectivity index is 0.000000134. The summed E-state index contributed by atoms with van der Waals surface area (Å²) < 4.78 is 9.92. The second-order valence-electron chi connectivity index (χ2n) is 32.8. The third-order valence-electron chi connectivity index (χ3n) is 26.7. The molecule has 26 rings (SSSR count). The third kappa shape index (κ3) is 10.0. The molecule has 0 saturated carbocycles. The van der Waals surface area contributed by atoms with Crippen LogP contribution in [0.1, 0.15) is 44.5 Å². The molecule has 0 saturated heterocycles. The van der Waals surface area contributed by atoms with Crippen LogP contribution in [0.3, 0.4) is 0 Å². The summed E-state index contributed by atoms with van der Waals surface area (Å²) in [4.78, 5) is 0. The molecule has 4 nitrogen and oxygen atoms in total. The minimum atomic E-state index is -0.541. The van der Waals surface area contributed by atoms with Crippen LogP contribution in [0.25, 0.3) is 176 Å². The highest BCUT2D eigenvalue weighted by atomic mass is 15.0. The zero-order valence-electron chi connectivity index (χ0n) is 66.7. The fourth-order valence-corrected chi connectivity index (χ4v) is 21.7. The first-order valence-electron chi connectivity index (χ1n) is 42.4. The van der Waals surface area contributed by atoms with Gasteiger partial charge in [0, 0.05) is 76.4 Å². The van der Waals surface area contributed by atoms with Crippen molar-refractivity contribution in [3.05, 3.63) is 506 Å². The van der Waals surface area contributed by atoms with Crippen LogP contribution in [0.5, 0.6) is 0 Å². The van der Waals surface area contributed by atoms with E-state index in [4.69, 9.17) is 0 Å². The zero-order valence-corrected chi connectivity index (χ0v) is 66.7. The fraction of sp³-hybridized carbons (Fsp3) is 0.0169. The fourth-order valence-electron chi connectivity index (χ4n) is 21.7. The Hall–Kier alpha value is -15.9. The number of benzene rings is 20. The average Bonchev–Trinajstić information content (AvgIpc) is 1.49. The van der Waals surface area contributed by atoms with Gasteiger partial charge in [0.05, 0.1) is 66.3 Å². The van der Waals surface area contributed by atoms with E-state index in [1.165, 1.54) is 209 Å². The molecule has 0 radical (unpaired) electrons. The van der Waals surface area contributed by atoms with E-state index in [2.05, 4.69) is 479 Å². The summed E-state index contributed by atoms with van der Waals surface area (Å²) in [5.74, 6) is 0. The van der Waals surface area contributed by atoms with Gasteiger partial charge >= 0.3 is 0 Å². The quantitative estimate of drug-likeness (QED) is 0.130. The molecule has 0 N–H and O–H groups in total. The molecule has 2 aliphatic rings. The van der Waals surface area contributed by atoms with Gasteiger partial charge in [0.2, 0.25) is 0 Å². The third-order valence-corrected chi connectivity index (χ3v) is 26.7. The molecular weight excluding hydrogens is 1470 g/mol. The second kappa shape index (κ2) is 27.4. The van der Waals surface area contributed by atoms with Gasteiger partial charge in [-0.2, -0.15) is 0 Å². The van der Waals surface area contributed by atoms with Crippen molar-refractivity contribution in [3.8, 4) is 67.3 Å². The smallest absolute Gasteiger partial charge is 0.0734 e. The zero-order chi connectivity index (χ0) is 80.1. The SMILES string of the molecule is c1ccc(-n2c3ccc(-c4ccc5c(c4)c4ccccc4n5-c4cccc5ccccc45)cc3c3ccc4c(c32)-c2ccccc2C4(c2ccccc2)c2ccccc2)cc1.c1ccc(-n2c3ccc(-c4ccc5c(c4)c4ccccc4n5-c4cccc5ccccc45)cc3c3ccc4c(c32)C(c2ccccc2)(c2ccccc2)c2ccccc2-4)cc1. The molecule has 0 spiro atoms. The van der Waals surface area contributed by atoms with Gasteiger partial charge in [-0.15, -0.1) is 0 Å². The van der Waals surface area contributed by atoms with Gasteiger partial charge in [-0.25, -0.2) is 0 Å². The highest BCUT2D eigenvalue weighted by Crippen LogP contribution is 2.62. The minimum absolute atomic E-state index is 0.480. The van der Waals surface area contributed by atoms with E-state index in [1.54, 1.807) is 0 Å². The first-order valence-corrected chi connectivity index (χ1v) is 42.4. The number of aromatic nitrogens is 4. The molecule has 0 fully saturated rings. The Morgan fingerprint density at radius 2 is 0.500 bits per heavy atom. The van der Waals surface area contributed by atoms with Gasteiger partial charge in [-0.3, -0.25) is 0 Å². The Morgan fingerprint density at radius 1 is 0.172 bits per heavy atom. The number of hydrogen-bond acceptors (Lipinski definition) is 0.